The van der Waals surface area contributed by atoms with E-state index in [4.69, 9.17) is 10.3 Å². The molecular formula is C15H16N2OS. The summed E-state index contributed by atoms with van der Waals surface area (Å²) in [6.45, 7) is 3.79. The SMILES string of the molecule is C=CCC(N)C1(c2noc3ccccc23)CC=CS1. The van der Waals surface area contributed by atoms with Gasteiger partial charge in [0.15, 0.2) is 5.58 Å². The predicted octanol–water partition coefficient (Wildman–Crippen LogP) is 3.58. The average molecular weight is 272 g/mol. The van der Waals surface area contributed by atoms with Crippen molar-refractivity contribution >= 4 is 22.7 Å². The fourth-order valence-electron chi connectivity index (χ4n) is 2.57. The van der Waals surface area contributed by atoms with Crippen LogP contribution in [0.5, 0.6) is 0 Å². The molecular weight excluding hydrogens is 256 g/mol. The molecule has 1 aromatic carbocycles. The van der Waals surface area contributed by atoms with Crippen molar-refractivity contribution in [1.29, 1.82) is 0 Å². The highest BCUT2D eigenvalue weighted by Gasteiger charge is 2.43. The number of rotatable bonds is 4. The van der Waals surface area contributed by atoms with Crippen molar-refractivity contribution in [3.63, 3.8) is 0 Å². The van der Waals surface area contributed by atoms with E-state index in [0.717, 1.165) is 29.5 Å². The minimum Gasteiger partial charge on any atom is -0.356 e. The summed E-state index contributed by atoms with van der Waals surface area (Å²) in [5.74, 6) is 0. The molecule has 0 spiro atoms. The van der Waals surface area contributed by atoms with E-state index in [9.17, 15) is 0 Å². The molecule has 0 saturated heterocycles. The first kappa shape index (κ1) is 12.5. The lowest BCUT2D eigenvalue weighted by molar-refractivity contribution is 0.409. The fourth-order valence-corrected chi connectivity index (χ4v) is 3.73. The van der Waals surface area contributed by atoms with Crippen molar-refractivity contribution in [2.75, 3.05) is 0 Å². The molecule has 3 rings (SSSR count). The number of hydrogen-bond donors (Lipinski definition) is 1. The molecule has 2 atom stereocenters. The van der Waals surface area contributed by atoms with Gasteiger partial charge < -0.3 is 10.3 Å². The number of hydrogen-bond acceptors (Lipinski definition) is 4. The summed E-state index contributed by atoms with van der Waals surface area (Å²) < 4.78 is 5.21. The van der Waals surface area contributed by atoms with Crippen LogP contribution in [0, 0.1) is 0 Å². The van der Waals surface area contributed by atoms with Crippen molar-refractivity contribution in [2.24, 2.45) is 5.73 Å². The first-order chi connectivity index (χ1) is 9.28. The molecule has 2 unspecified atom stereocenters. The Bertz CT molecular complexity index is 624. The minimum absolute atomic E-state index is 0.0292. The Morgan fingerprint density at radius 2 is 2.37 bits per heavy atom. The Labute approximate surface area is 116 Å². The van der Waals surface area contributed by atoms with Gasteiger partial charge in [0.25, 0.3) is 0 Å². The van der Waals surface area contributed by atoms with E-state index in [1.807, 2.05) is 30.3 Å². The smallest absolute Gasteiger partial charge is 0.167 e. The third-order valence-corrected chi connectivity index (χ3v) is 5.01. The maximum Gasteiger partial charge on any atom is 0.167 e. The van der Waals surface area contributed by atoms with Gasteiger partial charge in [-0.1, -0.05) is 29.4 Å². The van der Waals surface area contributed by atoms with E-state index in [2.05, 4.69) is 23.2 Å². The van der Waals surface area contributed by atoms with Gasteiger partial charge in [0, 0.05) is 11.4 Å². The van der Waals surface area contributed by atoms with Crippen molar-refractivity contribution in [3.05, 3.63) is 54.1 Å². The molecule has 2 N–H and O–H groups in total. The monoisotopic (exact) mass is 272 g/mol. The molecule has 1 aromatic heterocycles. The van der Waals surface area contributed by atoms with E-state index < -0.39 is 0 Å². The lowest BCUT2D eigenvalue weighted by Gasteiger charge is -2.32. The van der Waals surface area contributed by atoms with Gasteiger partial charge in [0.05, 0.1) is 4.75 Å². The van der Waals surface area contributed by atoms with Crippen LogP contribution in [0.3, 0.4) is 0 Å². The first-order valence-electron chi connectivity index (χ1n) is 6.32. The lowest BCUT2D eigenvalue weighted by Crippen LogP contribution is -2.41. The minimum atomic E-state index is -0.235. The van der Waals surface area contributed by atoms with Crippen molar-refractivity contribution in [3.8, 4) is 0 Å². The topological polar surface area (TPSA) is 52.0 Å². The highest BCUT2D eigenvalue weighted by atomic mass is 32.2. The zero-order chi connectivity index (χ0) is 13.3. The normalized spacial score (nSPS) is 23.8. The molecule has 0 aliphatic carbocycles. The van der Waals surface area contributed by atoms with Gasteiger partial charge in [-0.3, -0.25) is 0 Å². The molecule has 98 valence electrons. The van der Waals surface area contributed by atoms with Gasteiger partial charge in [0.2, 0.25) is 0 Å². The number of fused-ring (bicyclic) bond motifs is 1. The number of nitrogens with two attached hydrogens (primary N) is 1. The van der Waals surface area contributed by atoms with Gasteiger partial charge in [-0.25, -0.2) is 0 Å². The van der Waals surface area contributed by atoms with E-state index in [-0.39, 0.29) is 10.8 Å². The number of thioether (sulfide) groups is 1. The predicted molar refractivity (Wildman–Crippen MR) is 79.8 cm³/mol. The van der Waals surface area contributed by atoms with Crippen LogP contribution in [-0.4, -0.2) is 11.2 Å². The fraction of sp³-hybridized carbons (Fsp3) is 0.267. The van der Waals surface area contributed by atoms with Gasteiger partial charge >= 0.3 is 0 Å². The summed E-state index contributed by atoms with van der Waals surface area (Å²) in [6.07, 6.45) is 5.66. The second-order valence-electron chi connectivity index (χ2n) is 4.74. The Kier molecular flexibility index (Phi) is 3.21. The highest BCUT2D eigenvalue weighted by Crippen LogP contribution is 2.49. The molecule has 0 fully saturated rings. The molecule has 0 radical (unpaired) electrons. The molecule has 0 amide bonds. The maximum absolute atomic E-state index is 6.39. The van der Waals surface area contributed by atoms with E-state index in [1.165, 1.54) is 0 Å². The maximum atomic E-state index is 6.39. The zero-order valence-corrected chi connectivity index (χ0v) is 11.4. The summed E-state index contributed by atoms with van der Waals surface area (Å²) in [4.78, 5) is 0. The average Bonchev–Trinajstić information content (AvgIpc) is 3.06. The lowest BCUT2D eigenvalue weighted by atomic mass is 9.88. The van der Waals surface area contributed by atoms with Crippen molar-refractivity contribution in [2.45, 2.75) is 23.6 Å². The largest absolute Gasteiger partial charge is 0.356 e. The quantitative estimate of drug-likeness (QED) is 0.864. The van der Waals surface area contributed by atoms with Crippen LogP contribution in [-0.2, 0) is 4.75 Å². The summed E-state index contributed by atoms with van der Waals surface area (Å²) in [6, 6.07) is 7.91. The number of benzene rings is 1. The Hall–Kier alpha value is -1.52. The Morgan fingerprint density at radius 1 is 1.53 bits per heavy atom. The number of allylic oxidation sites excluding steroid dienone is 1. The molecule has 2 aromatic rings. The van der Waals surface area contributed by atoms with Crippen LogP contribution in [0.4, 0.5) is 0 Å². The van der Waals surface area contributed by atoms with Gasteiger partial charge in [-0.15, -0.1) is 18.3 Å². The van der Waals surface area contributed by atoms with Crippen molar-refractivity contribution < 1.29 is 4.52 Å². The Morgan fingerprint density at radius 3 is 3.11 bits per heavy atom. The number of para-hydroxylation sites is 1. The number of nitrogens with zero attached hydrogens (tertiary/aromatic N) is 1. The van der Waals surface area contributed by atoms with Crippen LogP contribution < -0.4 is 5.73 Å². The second kappa shape index (κ2) is 4.87. The van der Waals surface area contributed by atoms with Crippen LogP contribution in [0.25, 0.3) is 11.0 Å². The van der Waals surface area contributed by atoms with Crippen molar-refractivity contribution in [1.82, 2.24) is 5.16 Å². The first-order valence-corrected chi connectivity index (χ1v) is 7.20. The third kappa shape index (κ3) is 1.91. The zero-order valence-electron chi connectivity index (χ0n) is 10.6. The molecule has 0 saturated carbocycles. The van der Waals surface area contributed by atoms with Crippen LogP contribution in [0.15, 0.2) is 52.9 Å². The van der Waals surface area contributed by atoms with E-state index in [1.54, 1.807) is 11.8 Å². The molecule has 2 heterocycles. The van der Waals surface area contributed by atoms with E-state index in [0.29, 0.717) is 0 Å². The standard InChI is InChI=1S/C15H16N2OS/c1-2-6-13(16)15(9-5-10-19-15)14-11-7-3-4-8-12(11)18-17-14/h2-5,7-8,10,13H,1,6,9,16H2. The third-order valence-electron chi connectivity index (χ3n) is 3.59. The second-order valence-corrected chi connectivity index (χ2v) is 5.98. The summed E-state index contributed by atoms with van der Waals surface area (Å²) in [5.41, 5.74) is 8.16. The van der Waals surface area contributed by atoms with Gasteiger partial charge in [-0.2, -0.15) is 0 Å². The van der Waals surface area contributed by atoms with E-state index >= 15 is 0 Å². The molecule has 1 aliphatic rings. The molecule has 3 nitrogen and oxygen atoms in total. The molecule has 1 aliphatic heterocycles. The Balaban J connectivity index is 2.12. The van der Waals surface area contributed by atoms with Gasteiger partial charge in [-0.05, 0) is 30.4 Å². The summed E-state index contributed by atoms with van der Waals surface area (Å²) in [7, 11) is 0. The molecule has 0 bridgehead atoms. The van der Waals surface area contributed by atoms with Crippen LogP contribution >= 0.6 is 11.8 Å². The highest BCUT2D eigenvalue weighted by molar-refractivity contribution is 8.03. The summed E-state index contributed by atoms with van der Waals surface area (Å²) in [5, 5.41) is 7.46. The van der Waals surface area contributed by atoms with Crippen LogP contribution in [0.2, 0.25) is 0 Å². The molecule has 4 heteroatoms. The van der Waals surface area contributed by atoms with Gasteiger partial charge in [0.1, 0.15) is 5.69 Å². The molecule has 19 heavy (non-hydrogen) atoms. The number of aromatic nitrogens is 1. The van der Waals surface area contributed by atoms with Crippen LogP contribution in [0.1, 0.15) is 18.5 Å². The summed E-state index contributed by atoms with van der Waals surface area (Å²) >= 11 is 1.73.